The molecule has 3 rings (SSSR count). The van der Waals surface area contributed by atoms with Crippen molar-refractivity contribution in [1.82, 2.24) is 15.3 Å². The molecule has 0 amide bonds. The molecular formula is C16H25N3S. The molecule has 0 bridgehead atoms. The van der Waals surface area contributed by atoms with Crippen molar-refractivity contribution in [3.05, 3.63) is 23.3 Å². The number of nitrogens with one attached hydrogen (secondary N) is 1. The van der Waals surface area contributed by atoms with Crippen LogP contribution in [0.25, 0.3) is 0 Å². The third kappa shape index (κ3) is 3.34. The van der Waals surface area contributed by atoms with E-state index in [1.54, 1.807) is 0 Å². The van der Waals surface area contributed by atoms with Crippen molar-refractivity contribution in [2.75, 3.05) is 6.54 Å². The van der Waals surface area contributed by atoms with Crippen LogP contribution in [0.1, 0.15) is 68.6 Å². The SMILES string of the molecule is CCNC1CCCc2nc(CSC3CCCC3)ncc21. The predicted molar refractivity (Wildman–Crippen MR) is 84.9 cm³/mol. The van der Waals surface area contributed by atoms with E-state index in [-0.39, 0.29) is 0 Å². The van der Waals surface area contributed by atoms with Gasteiger partial charge in [0.1, 0.15) is 5.82 Å². The van der Waals surface area contributed by atoms with Crippen molar-refractivity contribution < 1.29 is 0 Å². The fraction of sp³-hybridized carbons (Fsp3) is 0.750. The summed E-state index contributed by atoms with van der Waals surface area (Å²) in [5.41, 5.74) is 2.63. The van der Waals surface area contributed by atoms with Gasteiger partial charge in [0.05, 0.1) is 5.75 Å². The summed E-state index contributed by atoms with van der Waals surface area (Å²) in [4.78, 5) is 9.45. The van der Waals surface area contributed by atoms with Crippen molar-refractivity contribution in [3.8, 4) is 0 Å². The Morgan fingerprint density at radius 3 is 2.90 bits per heavy atom. The highest BCUT2D eigenvalue weighted by Gasteiger charge is 2.22. The number of aromatic nitrogens is 2. The number of hydrogen-bond acceptors (Lipinski definition) is 4. The zero-order valence-electron chi connectivity index (χ0n) is 12.4. The van der Waals surface area contributed by atoms with Gasteiger partial charge in [0.15, 0.2) is 0 Å². The van der Waals surface area contributed by atoms with Gasteiger partial charge in [-0.2, -0.15) is 11.8 Å². The second kappa shape index (κ2) is 6.90. The first kappa shape index (κ1) is 14.3. The van der Waals surface area contributed by atoms with Crippen LogP contribution in [0.5, 0.6) is 0 Å². The summed E-state index contributed by atoms with van der Waals surface area (Å²) >= 11 is 2.06. The molecule has 1 heterocycles. The molecule has 1 saturated carbocycles. The molecule has 3 nitrogen and oxygen atoms in total. The molecule has 1 aromatic rings. The fourth-order valence-corrected chi connectivity index (χ4v) is 4.55. The summed E-state index contributed by atoms with van der Waals surface area (Å²) in [7, 11) is 0. The van der Waals surface area contributed by atoms with E-state index in [2.05, 4.69) is 35.2 Å². The largest absolute Gasteiger partial charge is 0.310 e. The van der Waals surface area contributed by atoms with Crippen LogP contribution < -0.4 is 5.32 Å². The molecule has 110 valence electrons. The van der Waals surface area contributed by atoms with Crippen molar-refractivity contribution in [1.29, 1.82) is 0 Å². The molecule has 1 atom stereocenters. The first-order valence-corrected chi connectivity index (χ1v) is 9.11. The van der Waals surface area contributed by atoms with Crippen LogP contribution >= 0.6 is 11.8 Å². The summed E-state index contributed by atoms with van der Waals surface area (Å²) in [6, 6.07) is 0.472. The summed E-state index contributed by atoms with van der Waals surface area (Å²) in [6.07, 6.45) is 11.3. The van der Waals surface area contributed by atoms with Gasteiger partial charge in [0.25, 0.3) is 0 Å². The fourth-order valence-electron chi connectivity index (χ4n) is 3.36. The number of nitrogens with zero attached hydrogens (tertiary/aromatic N) is 2. The maximum atomic E-state index is 4.83. The number of aryl methyl sites for hydroxylation is 1. The molecule has 1 fully saturated rings. The first-order chi connectivity index (χ1) is 9.86. The van der Waals surface area contributed by atoms with Crippen molar-refractivity contribution in [2.24, 2.45) is 0 Å². The van der Waals surface area contributed by atoms with E-state index < -0.39 is 0 Å². The molecule has 1 N–H and O–H groups in total. The number of thioether (sulfide) groups is 1. The monoisotopic (exact) mass is 291 g/mol. The molecule has 4 heteroatoms. The van der Waals surface area contributed by atoms with Crippen LogP contribution in [0, 0.1) is 0 Å². The summed E-state index contributed by atoms with van der Waals surface area (Å²) < 4.78 is 0. The summed E-state index contributed by atoms with van der Waals surface area (Å²) in [5.74, 6) is 2.03. The molecule has 2 aliphatic rings. The quantitative estimate of drug-likeness (QED) is 0.899. The summed E-state index contributed by atoms with van der Waals surface area (Å²) in [5, 5.41) is 4.40. The minimum absolute atomic E-state index is 0.472. The number of hydrogen-bond donors (Lipinski definition) is 1. The molecule has 1 unspecified atom stereocenters. The Bertz CT molecular complexity index is 443. The number of rotatable bonds is 5. The first-order valence-electron chi connectivity index (χ1n) is 8.06. The molecule has 20 heavy (non-hydrogen) atoms. The molecule has 0 saturated heterocycles. The van der Waals surface area contributed by atoms with E-state index in [1.165, 1.54) is 49.8 Å². The van der Waals surface area contributed by atoms with Crippen molar-refractivity contribution >= 4 is 11.8 Å². The third-order valence-corrected chi connectivity index (χ3v) is 5.80. The Morgan fingerprint density at radius 1 is 1.25 bits per heavy atom. The molecule has 1 aromatic heterocycles. The second-order valence-corrected chi connectivity index (χ2v) is 7.20. The standard InChI is InChI=1S/C16H25N3S/c1-2-17-14-8-5-9-15-13(14)10-18-16(19-15)11-20-12-6-3-4-7-12/h10,12,14,17H,2-9,11H2,1H3. The lowest BCUT2D eigenvalue weighted by atomic mass is 9.92. The Balaban J connectivity index is 1.65. The maximum absolute atomic E-state index is 4.83. The van der Waals surface area contributed by atoms with Crippen LogP contribution in [-0.4, -0.2) is 21.8 Å². The topological polar surface area (TPSA) is 37.8 Å². The lowest BCUT2D eigenvalue weighted by Gasteiger charge is -2.25. The zero-order valence-corrected chi connectivity index (χ0v) is 13.2. The Hall–Kier alpha value is -0.610. The normalized spacial score (nSPS) is 22.9. The number of fused-ring (bicyclic) bond motifs is 1. The maximum Gasteiger partial charge on any atom is 0.138 e. The van der Waals surface area contributed by atoms with Crippen molar-refractivity contribution in [2.45, 2.75) is 68.9 Å². The van der Waals surface area contributed by atoms with E-state index in [0.29, 0.717) is 6.04 Å². The smallest absolute Gasteiger partial charge is 0.138 e. The van der Waals surface area contributed by atoms with E-state index >= 15 is 0 Å². The van der Waals surface area contributed by atoms with Crippen LogP contribution in [0.15, 0.2) is 6.20 Å². The predicted octanol–water partition coefficient (Wildman–Crippen LogP) is 3.64. The highest BCUT2D eigenvalue weighted by atomic mass is 32.2. The van der Waals surface area contributed by atoms with Crippen molar-refractivity contribution in [3.63, 3.8) is 0 Å². The van der Waals surface area contributed by atoms with Gasteiger partial charge in [-0.25, -0.2) is 9.97 Å². The molecule has 2 aliphatic carbocycles. The van der Waals surface area contributed by atoms with Gasteiger partial charge in [-0.3, -0.25) is 0 Å². The minimum atomic E-state index is 0.472. The van der Waals surface area contributed by atoms with Gasteiger partial charge in [0.2, 0.25) is 0 Å². The van der Waals surface area contributed by atoms with Gasteiger partial charge >= 0.3 is 0 Å². The average molecular weight is 291 g/mol. The molecule has 0 aromatic carbocycles. The van der Waals surface area contributed by atoms with Crippen LogP contribution in [0.3, 0.4) is 0 Å². The van der Waals surface area contributed by atoms with Gasteiger partial charge in [-0.05, 0) is 38.6 Å². The van der Waals surface area contributed by atoms with E-state index in [0.717, 1.165) is 29.8 Å². The van der Waals surface area contributed by atoms with Crippen LogP contribution in [-0.2, 0) is 12.2 Å². The lowest BCUT2D eigenvalue weighted by molar-refractivity contribution is 0.463. The molecular weight excluding hydrogens is 266 g/mol. The molecule has 0 radical (unpaired) electrons. The molecule has 0 aliphatic heterocycles. The molecule has 0 spiro atoms. The van der Waals surface area contributed by atoms with Gasteiger partial charge < -0.3 is 5.32 Å². The average Bonchev–Trinajstić information content (AvgIpc) is 2.99. The zero-order chi connectivity index (χ0) is 13.8. The lowest BCUT2D eigenvalue weighted by Crippen LogP contribution is -2.26. The Morgan fingerprint density at radius 2 is 2.10 bits per heavy atom. The van der Waals surface area contributed by atoms with Crippen LogP contribution in [0.4, 0.5) is 0 Å². The van der Waals surface area contributed by atoms with E-state index in [1.807, 2.05) is 0 Å². The second-order valence-electron chi connectivity index (χ2n) is 5.91. The highest BCUT2D eigenvalue weighted by Crippen LogP contribution is 2.32. The van der Waals surface area contributed by atoms with Crippen LogP contribution in [0.2, 0.25) is 0 Å². The van der Waals surface area contributed by atoms with E-state index in [9.17, 15) is 0 Å². The summed E-state index contributed by atoms with van der Waals surface area (Å²) in [6.45, 7) is 3.19. The van der Waals surface area contributed by atoms with E-state index in [4.69, 9.17) is 4.98 Å². The van der Waals surface area contributed by atoms with Gasteiger partial charge in [-0.15, -0.1) is 0 Å². The third-order valence-electron chi connectivity index (χ3n) is 4.43. The van der Waals surface area contributed by atoms with Gasteiger partial charge in [-0.1, -0.05) is 19.8 Å². The van der Waals surface area contributed by atoms with Gasteiger partial charge in [0, 0.05) is 28.7 Å². The minimum Gasteiger partial charge on any atom is -0.310 e. The highest BCUT2D eigenvalue weighted by molar-refractivity contribution is 7.99. The Kier molecular flexibility index (Phi) is 4.94. The Labute approximate surface area is 126 Å².